The summed E-state index contributed by atoms with van der Waals surface area (Å²) >= 11 is 1.77. The Hall–Kier alpha value is -1.20. The molecule has 102 valence electrons. The van der Waals surface area contributed by atoms with E-state index in [-0.39, 0.29) is 0 Å². The Balaban J connectivity index is 2.12. The molecule has 2 aromatic heterocycles. The molecule has 0 aromatic carbocycles. The average molecular weight is 276 g/mol. The molecule has 0 radical (unpaired) electrons. The third kappa shape index (κ3) is 2.11. The molecule has 19 heavy (non-hydrogen) atoms. The lowest BCUT2D eigenvalue weighted by Gasteiger charge is -2.28. The van der Waals surface area contributed by atoms with Gasteiger partial charge in [-0.1, -0.05) is 0 Å². The van der Waals surface area contributed by atoms with Crippen LogP contribution < -0.4 is 10.2 Å². The predicted octanol–water partition coefficient (Wildman–Crippen LogP) is 2.50. The van der Waals surface area contributed by atoms with Crippen LogP contribution in [0.3, 0.4) is 0 Å². The second-order valence-electron chi connectivity index (χ2n) is 5.09. The molecule has 1 N–H and O–H groups in total. The Kier molecular flexibility index (Phi) is 3.41. The van der Waals surface area contributed by atoms with E-state index in [4.69, 9.17) is 0 Å². The molecule has 1 atom stereocenters. The van der Waals surface area contributed by atoms with Crippen LogP contribution in [-0.2, 0) is 0 Å². The third-order valence-electron chi connectivity index (χ3n) is 4.03. The topological polar surface area (TPSA) is 41.1 Å². The molecule has 3 heterocycles. The van der Waals surface area contributed by atoms with Crippen LogP contribution in [0, 0.1) is 13.8 Å². The number of hydrogen-bond acceptors (Lipinski definition) is 5. The highest BCUT2D eigenvalue weighted by molar-refractivity contribution is 7.18. The lowest BCUT2D eigenvalue weighted by Crippen LogP contribution is -2.37. The van der Waals surface area contributed by atoms with Crippen molar-refractivity contribution in [1.82, 2.24) is 15.3 Å². The highest BCUT2D eigenvalue weighted by atomic mass is 32.1. The van der Waals surface area contributed by atoms with E-state index in [1.807, 2.05) is 0 Å². The maximum Gasteiger partial charge on any atom is 0.141 e. The monoisotopic (exact) mass is 276 g/mol. The van der Waals surface area contributed by atoms with Crippen LogP contribution in [0.4, 0.5) is 5.82 Å². The van der Waals surface area contributed by atoms with Gasteiger partial charge >= 0.3 is 0 Å². The maximum atomic E-state index is 4.59. The van der Waals surface area contributed by atoms with Crippen molar-refractivity contribution in [3.63, 3.8) is 0 Å². The van der Waals surface area contributed by atoms with Gasteiger partial charge in [0.25, 0.3) is 0 Å². The van der Waals surface area contributed by atoms with Crippen molar-refractivity contribution in [1.29, 1.82) is 0 Å². The molecule has 1 unspecified atom stereocenters. The Bertz CT molecular complexity index is 586. The van der Waals surface area contributed by atoms with E-state index in [1.165, 1.54) is 22.2 Å². The normalized spacial score (nSPS) is 19.2. The molecular weight excluding hydrogens is 256 g/mol. The maximum absolute atomic E-state index is 4.59. The molecule has 0 bridgehead atoms. The molecule has 0 amide bonds. The van der Waals surface area contributed by atoms with E-state index in [2.05, 4.69) is 41.0 Å². The van der Waals surface area contributed by atoms with Crippen molar-refractivity contribution >= 4 is 27.4 Å². The predicted molar refractivity (Wildman–Crippen MR) is 81.2 cm³/mol. The number of hydrogen-bond donors (Lipinski definition) is 1. The van der Waals surface area contributed by atoms with E-state index < -0.39 is 0 Å². The Morgan fingerprint density at radius 2 is 2.26 bits per heavy atom. The number of fused-ring (bicyclic) bond motifs is 1. The van der Waals surface area contributed by atoms with Crippen LogP contribution in [0.2, 0.25) is 0 Å². The molecule has 0 saturated carbocycles. The summed E-state index contributed by atoms with van der Waals surface area (Å²) in [6.07, 6.45) is 2.90. The summed E-state index contributed by atoms with van der Waals surface area (Å²) in [4.78, 5) is 13.9. The molecule has 1 aliphatic heterocycles. The van der Waals surface area contributed by atoms with Gasteiger partial charge in [-0.2, -0.15) is 0 Å². The Morgan fingerprint density at radius 3 is 2.95 bits per heavy atom. The average Bonchev–Trinajstić information content (AvgIpc) is 3.01. The van der Waals surface area contributed by atoms with E-state index in [0.717, 1.165) is 30.3 Å². The minimum Gasteiger partial charge on any atom is -0.352 e. The Labute approximate surface area is 117 Å². The van der Waals surface area contributed by atoms with Crippen molar-refractivity contribution in [2.75, 3.05) is 24.5 Å². The lowest BCUT2D eigenvalue weighted by molar-refractivity contribution is 0.642. The Morgan fingerprint density at radius 1 is 1.42 bits per heavy atom. The highest BCUT2D eigenvalue weighted by Crippen LogP contribution is 2.35. The zero-order chi connectivity index (χ0) is 13.4. The first kappa shape index (κ1) is 12.8. The van der Waals surface area contributed by atoms with Gasteiger partial charge in [-0.25, -0.2) is 9.97 Å². The van der Waals surface area contributed by atoms with Crippen LogP contribution >= 0.6 is 11.3 Å². The molecule has 0 spiro atoms. The van der Waals surface area contributed by atoms with Gasteiger partial charge in [-0.15, -0.1) is 11.3 Å². The molecule has 1 fully saturated rings. The van der Waals surface area contributed by atoms with Gasteiger partial charge in [-0.3, -0.25) is 0 Å². The van der Waals surface area contributed by atoms with Gasteiger partial charge in [0, 0.05) is 24.0 Å². The van der Waals surface area contributed by atoms with E-state index in [0.29, 0.717) is 6.04 Å². The SMILES string of the molecule is CCN(c1ncnc2sc(C)c(C)c12)C1CCNC1. The van der Waals surface area contributed by atoms with E-state index in [9.17, 15) is 0 Å². The second-order valence-corrected chi connectivity index (χ2v) is 6.30. The number of likely N-dealkylation sites (N-methyl/N-ethyl adjacent to an activating group) is 1. The summed E-state index contributed by atoms with van der Waals surface area (Å²) in [6.45, 7) is 9.72. The molecule has 0 aliphatic carbocycles. The largest absolute Gasteiger partial charge is 0.352 e. The molecule has 5 heteroatoms. The quantitative estimate of drug-likeness (QED) is 0.935. The highest BCUT2D eigenvalue weighted by Gasteiger charge is 2.25. The van der Waals surface area contributed by atoms with Crippen molar-refractivity contribution < 1.29 is 0 Å². The summed E-state index contributed by atoms with van der Waals surface area (Å²) in [6, 6.07) is 0.558. The first-order chi connectivity index (χ1) is 9.22. The summed E-state index contributed by atoms with van der Waals surface area (Å²) in [5, 5.41) is 4.69. The second kappa shape index (κ2) is 5.06. The van der Waals surface area contributed by atoms with Crippen molar-refractivity contribution in [3.8, 4) is 0 Å². The fraction of sp³-hybridized carbons (Fsp3) is 0.571. The van der Waals surface area contributed by atoms with Crippen molar-refractivity contribution in [3.05, 3.63) is 16.8 Å². The summed E-state index contributed by atoms with van der Waals surface area (Å²) in [5.41, 5.74) is 1.33. The number of nitrogens with zero attached hydrogens (tertiary/aromatic N) is 3. The van der Waals surface area contributed by atoms with Gasteiger partial charge in [0.05, 0.1) is 5.39 Å². The van der Waals surface area contributed by atoms with Gasteiger partial charge in [-0.05, 0) is 39.3 Å². The van der Waals surface area contributed by atoms with Crippen molar-refractivity contribution in [2.45, 2.75) is 33.2 Å². The van der Waals surface area contributed by atoms with Gasteiger partial charge in [0.1, 0.15) is 17.0 Å². The van der Waals surface area contributed by atoms with Gasteiger partial charge in [0.15, 0.2) is 0 Å². The van der Waals surface area contributed by atoms with E-state index in [1.54, 1.807) is 17.7 Å². The first-order valence-electron chi connectivity index (χ1n) is 6.90. The van der Waals surface area contributed by atoms with E-state index >= 15 is 0 Å². The first-order valence-corrected chi connectivity index (χ1v) is 7.72. The van der Waals surface area contributed by atoms with Gasteiger partial charge in [0.2, 0.25) is 0 Å². The molecule has 3 rings (SSSR count). The van der Waals surface area contributed by atoms with Crippen LogP contribution in [-0.4, -0.2) is 35.6 Å². The smallest absolute Gasteiger partial charge is 0.141 e. The molecule has 4 nitrogen and oxygen atoms in total. The minimum absolute atomic E-state index is 0.558. The number of aryl methyl sites for hydroxylation is 2. The summed E-state index contributed by atoms with van der Waals surface area (Å²) < 4.78 is 0. The molecule has 1 aliphatic rings. The van der Waals surface area contributed by atoms with Gasteiger partial charge < -0.3 is 10.2 Å². The standard InChI is InChI=1S/C14H20N4S/c1-4-18(11-5-6-15-7-11)13-12-9(2)10(3)19-14(12)17-8-16-13/h8,11,15H,4-7H2,1-3H3. The number of thiophene rings is 1. The summed E-state index contributed by atoms with van der Waals surface area (Å²) in [5.74, 6) is 1.11. The number of anilines is 1. The fourth-order valence-corrected chi connectivity index (χ4v) is 3.86. The number of aromatic nitrogens is 2. The summed E-state index contributed by atoms with van der Waals surface area (Å²) in [7, 11) is 0. The minimum atomic E-state index is 0.558. The molecule has 1 saturated heterocycles. The van der Waals surface area contributed by atoms with Crippen LogP contribution in [0.1, 0.15) is 23.8 Å². The van der Waals surface area contributed by atoms with Crippen molar-refractivity contribution in [2.24, 2.45) is 0 Å². The lowest BCUT2D eigenvalue weighted by atomic mass is 10.1. The number of nitrogens with one attached hydrogen (secondary N) is 1. The fourth-order valence-electron chi connectivity index (χ4n) is 2.87. The zero-order valence-corrected chi connectivity index (χ0v) is 12.5. The number of rotatable bonds is 3. The third-order valence-corrected chi connectivity index (χ3v) is 5.15. The van der Waals surface area contributed by atoms with Crippen LogP contribution in [0.25, 0.3) is 10.2 Å². The zero-order valence-electron chi connectivity index (χ0n) is 11.7. The van der Waals surface area contributed by atoms with Crippen LogP contribution in [0.5, 0.6) is 0 Å². The van der Waals surface area contributed by atoms with Crippen LogP contribution in [0.15, 0.2) is 6.33 Å². The molecule has 2 aromatic rings. The molecular formula is C14H20N4S.